The van der Waals surface area contributed by atoms with Gasteiger partial charge in [0.15, 0.2) is 11.6 Å². The lowest BCUT2D eigenvalue weighted by molar-refractivity contribution is 0.317. The molecule has 0 amide bonds. The fourth-order valence-electron chi connectivity index (χ4n) is 1.69. The van der Waals surface area contributed by atoms with E-state index in [0.717, 1.165) is 23.0 Å². The number of rotatable bonds is 6. The molecule has 5 heteroatoms. The van der Waals surface area contributed by atoms with Gasteiger partial charge in [-0.25, -0.2) is 9.97 Å². The SMILES string of the molecule is CCCOc1cccnc1NC(C)(C)c1nccs1. The number of nitrogens with zero attached hydrogens (tertiary/aromatic N) is 2. The summed E-state index contributed by atoms with van der Waals surface area (Å²) in [5, 5.41) is 6.42. The summed E-state index contributed by atoms with van der Waals surface area (Å²) < 4.78 is 5.71. The lowest BCUT2D eigenvalue weighted by atomic mass is 10.1. The van der Waals surface area contributed by atoms with Gasteiger partial charge in [-0.3, -0.25) is 0 Å². The summed E-state index contributed by atoms with van der Waals surface area (Å²) in [5.74, 6) is 1.55. The van der Waals surface area contributed by atoms with Crippen molar-refractivity contribution in [1.29, 1.82) is 0 Å². The van der Waals surface area contributed by atoms with E-state index in [-0.39, 0.29) is 5.54 Å². The Morgan fingerprint density at radius 3 is 2.84 bits per heavy atom. The number of hydrogen-bond donors (Lipinski definition) is 1. The van der Waals surface area contributed by atoms with Gasteiger partial charge < -0.3 is 10.1 Å². The molecule has 0 aliphatic heterocycles. The molecule has 0 saturated carbocycles. The van der Waals surface area contributed by atoms with Crippen LogP contribution in [0.4, 0.5) is 5.82 Å². The molecule has 102 valence electrons. The predicted molar refractivity (Wildman–Crippen MR) is 78.8 cm³/mol. The quantitative estimate of drug-likeness (QED) is 0.875. The first-order valence-corrected chi connectivity index (χ1v) is 7.27. The minimum Gasteiger partial charge on any atom is -0.490 e. The lowest BCUT2D eigenvalue weighted by Crippen LogP contribution is -2.28. The molecule has 0 bridgehead atoms. The van der Waals surface area contributed by atoms with E-state index < -0.39 is 0 Å². The molecule has 0 aromatic carbocycles. The summed E-state index contributed by atoms with van der Waals surface area (Å²) in [7, 11) is 0. The van der Waals surface area contributed by atoms with E-state index in [2.05, 4.69) is 36.1 Å². The number of ether oxygens (including phenoxy) is 1. The third kappa shape index (κ3) is 3.44. The molecule has 1 N–H and O–H groups in total. The second-order valence-electron chi connectivity index (χ2n) is 4.79. The molecule has 0 spiro atoms. The van der Waals surface area contributed by atoms with Gasteiger partial charge in [-0.2, -0.15) is 0 Å². The normalized spacial score (nSPS) is 11.3. The summed E-state index contributed by atoms with van der Waals surface area (Å²) >= 11 is 1.63. The van der Waals surface area contributed by atoms with Gasteiger partial charge >= 0.3 is 0 Å². The zero-order valence-corrected chi connectivity index (χ0v) is 12.3. The summed E-state index contributed by atoms with van der Waals surface area (Å²) in [6.07, 6.45) is 4.56. The topological polar surface area (TPSA) is 47.0 Å². The van der Waals surface area contributed by atoms with Crippen LogP contribution in [0.5, 0.6) is 5.75 Å². The van der Waals surface area contributed by atoms with Gasteiger partial charge in [0, 0.05) is 17.8 Å². The van der Waals surface area contributed by atoms with Crippen LogP contribution in [-0.4, -0.2) is 16.6 Å². The Morgan fingerprint density at radius 1 is 1.32 bits per heavy atom. The maximum Gasteiger partial charge on any atom is 0.169 e. The third-order valence-electron chi connectivity index (χ3n) is 2.63. The van der Waals surface area contributed by atoms with E-state index in [1.165, 1.54) is 0 Å². The zero-order chi connectivity index (χ0) is 13.7. The standard InChI is InChI=1S/C14H19N3OS/c1-4-9-18-11-6-5-7-15-12(11)17-14(2,3)13-16-8-10-19-13/h5-8,10H,4,9H2,1-3H3,(H,15,17). The van der Waals surface area contributed by atoms with E-state index in [0.29, 0.717) is 6.61 Å². The molecule has 0 aliphatic carbocycles. The number of thiazole rings is 1. The van der Waals surface area contributed by atoms with E-state index in [1.54, 1.807) is 17.5 Å². The van der Waals surface area contributed by atoms with Gasteiger partial charge in [0.2, 0.25) is 0 Å². The molecule has 4 nitrogen and oxygen atoms in total. The summed E-state index contributed by atoms with van der Waals surface area (Å²) in [4.78, 5) is 8.73. The zero-order valence-electron chi connectivity index (χ0n) is 11.5. The summed E-state index contributed by atoms with van der Waals surface area (Å²) in [6.45, 7) is 6.95. The van der Waals surface area contributed by atoms with Crippen LogP contribution in [0.15, 0.2) is 29.9 Å². The number of nitrogens with one attached hydrogen (secondary N) is 1. The van der Waals surface area contributed by atoms with Gasteiger partial charge in [-0.05, 0) is 32.4 Å². The highest BCUT2D eigenvalue weighted by Gasteiger charge is 2.24. The Balaban J connectivity index is 2.18. The van der Waals surface area contributed by atoms with Crippen LogP contribution in [0, 0.1) is 0 Å². The van der Waals surface area contributed by atoms with Gasteiger partial charge in [-0.1, -0.05) is 6.92 Å². The molecule has 0 aliphatic rings. The van der Waals surface area contributed by atoms with Gasteiger partial charge in [0.05, 0.1) is 12.1 Å². The van der Waals surface area contributed by atoms with Crippen LogP contribution in [0.2, 0.25) is 0 Å². The van der Waals surface area contributed by atoms with E-state index >= 15 is 0 Å². The molecule has 0 atom stereocenters. The van der Waals surface area contributed by atoms with Crippen molar-refractivity contribution in [3.05, 3.63) is 34.9 Å². The molecule has 2 aromatic rings. The average molecular weight is 277 g/mol. The van der Waals surface area contributed by atoms with Crippen molar-refractivity contribution in [2.45, 2.75) is 32.7 Å². The Labute approximate surface area is 117 Å². The predicted octanol–water partition coefficient (Wildman–Crippen LogP) is 3.67. The van der Waals surface area contributed by atoms with Crippen LogP contribution >= 0.6 is 11.3 Å². The lowest BCUT2D eigenvalue weighted by Gasteiger charge is -2.25. The molecular weight excluding hydrogens is 258 g/mol. The monoisotopic (exact) mass is 277 g/mol. The minimum absolute atomic E-state index is 0.271. The smallest absolute Gasteiger partial charge is 0.169 e. The second-order valence-corrected chi connectivity index (χ2v) is 5.68. The maximum absolute atomic E-state index is 5.71. The van der Waals surface area contributed by atoms with Crippen LogP contribution in [-0.2, 0) is 5.54 Å². The molecule has 0 radical (unpaired) electrons. The van der Waals surface area contributed by atoms with Crippen molar-refractivity contribution >= 4 is 17.2 Å². The fourth-order valence-corrected chi connectivity index (χ4v) is 2.41. The first-order valence-electron chi connectivity index (χ1n) is 6.39. The molecule has 0 saturated heterocycles. The van der Waals surface area contributed by atoms with Crippen molar-refractivity contribution in [1.82, 2.24) is 9.97 Å². The molecule has 0 unspecified atom stereocenters. The van der Waals surface area contributed by atoms with E-state index in [1.807, 2.05) is 23.7 Å². The highest BCUT2D eigenvalue weighted by atomic mass is 32.1. The maximum atomic E-state index is 5.71. The number of aromatic nitrogens is 2. The van der Waals surface area contributed by atoms with Crippen LogP contribution in [0.1, 0.15) is 32.2 Å². The number of anilines is 1. The van der Waals surface area contributed by atoms with Crippen molar-refractivity contribution in [2.24, 2.45) is 0 Å². The molecule has 19 heavy (non-hydrogen) atoms. The Kier molecular flexibility index (Phi) is 4.37. The van der Waals surface area contributed by atoms with Gasteiger partial charge in [-0.15, -0.1) is 11.3 Å². The fraction of sp³-hybridized carbons (Fsp3) is 0.429. The molecule has 2 heterocycles. The summed E-state index contributed by atoms with van der Waals surface area (Å²) in [5.41, 5.74) is -0.271. The highest BCUT2D eigenvalue weighted by molar-refractivity contribution is 7.09. The van der Waals surface area contributed by atoms with E-state index in [4.69, 9.17) is 4.74 Å². The molecule has 2 rings (SSSR count). The van der Waals surface area contributed by atoms with Crippen molar-refractivity contribution < 1.29 is 4.74 Å². The number of hydrogen-bond acceptors (Lipinski definition) is 5. The van der Waals surface area contributed by atoms with Crippen molar-refractivity contribution in [3.8, 4) is 5.75 Å². The molecule has 2 aromatic heterocycles. The Hall–Kier alpha value is -1.62. The van der Waals surface area contributed by atoms with E-state index in [9.17, 15) is 0 Å². The largest absolute Gasteiger partial charge is 0.490 e. The van der Waals surface area contributed by atoms with Crippen LogP contribution in [0.25, 0.3) is 0 Å². The number of pyridine rings is 1. The van der Waals surface area contributed by atoms with Gasteiger partial charge in [0.1, 0.15) is 5.01 Å². The van der Waals surface area contributed by atoms with Crippen LogP contribution < -0.4 is 10.1 Å². The van der Waals surface area contributed by atoms with Crippen molar-refractivity contribution in [2.75, 3.05) is 11.9 Å². The van der Waals surface area contributed by atoms with Crippen LogP contribution in [0.3, 0.4) is 0 Å². The Bertz CT molecular complexity index is 511. The Morgan fingerprint density at radius 2 is 2.16 bits per heavy atom. The third-order valence-corrected chi connectivity index (χ3v) is 3.73. The highest BCUT2D eigenvalue weighted by Crippen LogP contribution is 2.30. The average Bonchev–Trinajstić information content (AvgIpc) is 2.92. The first kappa shape index (κ1) is 13.8. The van der Waals surface area contributed by atoms with Crippen molar-refractivity contribution in [3.63, 3.8) is 0 Å². The van der Waals surface area contributed by atoms with Gasteiger partial charge in [0.25, 0.3) is 0 Å². The molecule has 0 fully saturated rings. The first-order chi connectivity index (χ1) is 9.13. The minimum atomic E-state index is -0.271. The molecular formula is C14H19N3OS. The second kappa shape index (κ2) is 6.02. The summed E-state index contributed by atoms with van der Waals surface area (Å²) in [6, 6.07) is 3.81.